The number of hydrogen-bond donors (Lipinski definition) is 1. The Morgan fingerprint density at radius 3 is 2.26 bits per heavy atom. The first-order valence-electron chi connectivity index (χ1n) is 6.91. The standard InChI is InChI=1S/C17H21NS/c1-2-18-14-6-7-15-10-12-17(13-11-15)19-16-8-4-3-5-9-16/h3-5,8-13,18H,2,6-7,14H2,1H3. The molecule has 0 aliphatic heterocycles. The van der Waals surface area contributed by atoms with Gasteiger partial charge in [0.15, 0.2) is 0 Å². The lowest BCUT2D eigenvalue weighted by Gasteiger charge is -2.05. The third-order valence-electron chi connectivity index (χ3n) is 2.97. The van der Waals surface area contributed by atoms with Crippen LogP contribution in [-0.2, 0) is 6.42 Å². The van der Waals surface area contributed by atoms with Crippen LogP contribution in [0.25, 0.3) is 0 Å². The van der Waals surface area contributed by atoms with Gasteiger partial charge in [-0.1, -0.05) is 49.0 Å². The van der Waals surface area contributed by atoms with Crippen LogP contribution in [-0.4, -0.2) is 13.1 Å². The molecule has 1 N–H and O–H groups in total. The molecular formula is C17H21NS. The highest BCUT2D eigenvalue weighted by molar-refractivity contribution is 7.99. The fourth-order valence-corrected chi connectivity index (χ4v) is 2.78. The van der Waals surface area contributed by atoms with E-state index in [0.29, 0.717) is 0 Å². The first kappa shape index (κ1) is 14.2. The van der Waals surface area contributed by atoms with Crippen molar-refractivity contribution in [2.75, 3.05) is 13.1 Å². The highest BCUT2D eigenvalue weighted by Gasteiger charge is 1.98. The van der Waals surface area contributed by atoms with Gasteiger partial charge in [0.05, 0.1) is 0 Å². The monoisotopic (exact) mass is 271 g/mol. The first-order chi connectivity index (χ1) is 9.38. The summed E-state index contributed by atoms with van der Waals surface area (Å²) >= 11 is 1.82. The van der Waals surface area contributed by atoms with Crippen molar-refractivity contribution in [3.8, 4) is 0 Å². The Balaban J connectivity index is 1.84. The molecule has 2 heteroatoms. The molecule has 0 bridgehead atoms. The zero-order chi connectivity index (χ0) is 13.3. The smallest absolute Gasteiger partial charge is 0.0122 e. The number of rotatable bonds is 7. The van der Waals surface area contributed by atoms with Crippen LogP contribution in [0.4, 0.5) is 0 Å². The second-order valence-electron chi connectivity index (χ2n) is 4.52. The van der Waals surface area contributed by atoms with Gasteiger partial charge in [-0.05, 0) is 55.8 Å². The van der Waals surface area contributed by atoms with E-state index in [1.54, 1.807) is 0 Å². The minimum Gasteiger partial charge on any atom is -0.317 e. The quantitative estimate of drug-likeness (QED) is 0.750. The van der Waals surface area contributed by atoms with Crippen molar-refractivity contribution in [2.24, 2.45) is 0 Å². The lowest BCUT2D eigenvalue weighted by molar-refractivity contribution is 0.672. The van der Waals surface area contributed by atoms with Gasteiger partial charge < -0.3 is 5.32 Å². The zero-order valence-corrected chi connectivity index (χ0v) is 12.2. The van der Waals surface area contributed by atoms with Gasteiger partial charge in [0, 0.05) is 9.79 Å². The van der Waals surface area contributed by atoms with Crippen molar-refractivity contribution >= 4 is 11.8 Å². The Bertz CT molecular complexity index is 464. The van der Waals surface area contributed by atoms with Crippen LogP contribution in [0.3, 0.4) is 0 Å². The van der Waals surface area contributed by atoms with Crippen molar-refractivity contribution in [3.63, 3.8) is 0 Å². The molecule has 2 aromatic rings. The summed E-state index contributed by atoms with van der Waals surface area (Å²) in [5, 5.41) is 3.36. The molecule has 0 aromatic heterocycles. The maximum absolute atomic E-state index is 3.36. The van der Waals surface area contributed by atoms with Gasteiger partial charge in [0.25, 0.3) is 0 Å². The molecule has 0 saturated heterocycles. The molecule has 19 heavy (non-hydrogen) atoms. The van der Waals surface area contributed by atoms with Gasteiger partial charge in [0.2, 0.25) is 0 Å². The van der Waals surface area contributed by atoms with E-state index < -0.39 is 0 Å². The number of hydrogen-bond acceptors (Lipinski definition) is 2. The van der Waals surface area contributed by atoms with E-state index in [1.807, 2.05) is 11.8 Å². The molecule has 0 aliphatic carbocycles. The van der Waals surface area contributed by atoms with Crippen LogP contribution in [0.1, 0.15) is 18.9 Å². The third-order valence-corrected chi connectivity index (χ3v) is 3.99. The maximum atomic E-state index is 3.36. The van der Waals surface area contributed by atoms with Crippen LogP contribution >= 0.6 is 11.8 Å². The summed E-state index contributed by atoms with van der Waals surface area (Å²) in [5.41, 5.74) is 1.43. The van der Waals surface area contributed by atoms with E-state index in [1.165, 1.54) is 21.8 Å². The molecular weight excluding hydrogens is 250 g/mol. The van der Waals surface area contributed by atoms with Crippen LogP contribution in [0, 0.1) is 0 Å². The zero-order valence-electron chi connectivity index (χ0n) is 11.4. The van der Waals surface area contributed by atoms with Gasteiger partial charge in [0.1, 0.15) is 0 Å². The third kappa shape index (κ3) is 5.09. The summed E-state index contributed by atoms with van der Waals surface area (Å²) in [4.78, 5) is 2.60. The molecule has 0 atom stereocenters. The molecule has 0 amide bonds. The summed E-state index contributed by atoms with van der Waals surface area (Å²) in [7, 11) is 0. The van der Waals surface area contributed by atoms with Crippen molar-refractivity contribution in [1.82, 2.24) is 5.32 Å². The molecule has 1 nitrogen and oxygen atoms in total. The number of nitrogens with one attached hydrogen (secondary N) is 1. The van der Waals surface area contributed by atoms with E-state index in [-0.39, 0.29) is 0 Å². The second kappa shape index (κ2) is 8.03. The van der Waals surface area contributed by atoms with Crippen molar-refractivity contribution < 1.29 is 0 Å². The van der Waals surface area contributed by atoms with Gasteiger partial charge >= 0.3 is 0 Å². The van der Waals surface area contributed by atoms with Crippen LogP contribution < -0.4 is 5.32 Å². The molecule has 0 unspecified atom stereocenters. The van der Waals surface area contributed by atoms with Crippen molar-refractivity contribution in [1.29, 1.82) is 0 Å². The van der Waals surface area contributed by atoms with E-state index in [4.69, 9.17) is 0 Å². The van der Waals surface area contributed by atoms with Crippen molar-refractivity contribution in [3.05, 3.63) is 60.2 Å². The minimum atomic E-state index is 1.06. The van der Waals surface area contributed by atoms with Crippen LogP contribution in [0.15, 0.2) is 64.4 Å². The normalized spacial score (nSPS) is 10.6. The Kier molecular flexibility index (Phi) is 5.99. The Labute approximate surface area is 120 Å². The Morgan fingerprint density at radius 1 is 0.895 bits per heavy atom. The second-order valence-corrected chi connectivity index (χ2v) is 5.66. The summed E-state index contributed by atoms with van der Waals surface area (Å²) in [6.07, 6.45) is 2.36. The number of aryl methyl sites for hydroxylation is 1. The van der Waals surface area contributed by atoms with Crippen LogP contribution in [0.2, 0.25) is 0 Å². The molecule has 0 radical (unpaired) electrons. The minimum absolute atomic E-state index is 1.06. The summed E-state index contributed by atoms with van der Waals surface area (Å²) in [6, 6.07) is 19.4. The Morgan fingerprint density at radius 2 is 1.58 bits per heavy atom. The highest BCUT2D eigenvalue weighted by Crippen LogP contribution is 2.27. The largest absolute Gasteiger partial charge is 0.317 e. The van der Waals surface area contributed by atoms with E-state index in [9.17, 15) is 0 Å². The van der Waals surface area contributed by atoms with Gasteiger partial charge in [-0.15, -0.1) is 0 Å². The molecule has 0 aliphatic rings. The van der Waals surface area contributed by atoms with Crippen LogP contribution in [0.5, 0.6) is 0 Å². The summed E-state index contributed by atoms with van der Waals surface area (Å²) < 4.78 is 0. The fourth-order valence-electron chi connectivity index (χ4n) is 1.94. The van der Waals surface area contributed by atoms with E-state index in [0.717, 1.165) is 19.5 Å². The predicted molar refractivity (Wildman–Crippen MR) is 83.9 cm³/mol. The maximum Gasteiger partial charge on any atom is 0.0122 e. The SMILES string of the molecule is CCNCCCc1ccc(Sc2ccccc2)cc1. The summed E-state index contributed by atoms with van der Waals surface area (Å²) in [5.74, 6) is 0. The average molecular weight is 271 g/mol. The van der Waals surface area contributed by atoms with Gasteiger partial charge in [-0.3, -0.25) is 0 Å². The van der Waals surface area contributed by atoms with Crippen molar-refractivity contribution in [2.45, 2.75) is 29.6 Å². The van der Waals surface area contributed by atoms with E-state index >= 15 is 0 Å². The lowest BCUT2D eigenvalue weighted by atomic mass is 10.1. The first-order valence-corrected chi connectivity index (χ1v) is 7.72. The summed E-state index contributed by atoms with van der Waals surface area (Å²) in [6.45, 7) is 4.32. The average Bonchev–Trinajstić information content (AvgIpc) is 2.46. The topological polar surface area (TPSA) is 12.0 Å². The predicted octanol–water partition coefficient (Wildman–Crippen LogP) is 4.38. The Hall–Kier alpha value is -1.25. The van der Waals surface area contributed by atoms with Gasteiger partial charge in [-0.2, -0.15) is 0 Å². The number of benzene rings is 2. The molecule has 0 saturated carbocycles. The molecule has 100 valence electrons. The highest BCUT2D eigenvalue weighted by atomic mass is 32.2. The fraction of sp³-hybridized carbons (Fsp3) is 0.294. The molecule has 0 fully saturated rings. The molecule has 0 spiro atoms. The lowest BCUT2D eigenvalue weighted by Crippen LogP contribution is -2.14. The van der Waals surface area contributed by atoms with Gasteiger partial charge in [-0.25, -0.2) is 0 Å². The molecule has 0 heterocycles. The molecule has 2 rings (SSSR count). The molecule has 2 aromatic carbocycles. The van der Waals surface area contributed by atoms with E-state index in [2.05, 4.69) is 66.8 Å².